The monoisotopic (exact) mass is 264 g/mol. The van der Waals surface area contributed by atoms with Crippen molar-refractivity contribution in [1.29, 1.82) is 0 Å². The van der Waals surface area contributed by atoms with E-state index in [1.165, 1.54) is 22.7 Å². The van der Waals surface area contributed by atoms with Gasteiger partial charge in [0.25, 0.3) is 0 Å². The van der Waals surface area contributed by atoms with Gasteiger partial charge < -0.3 is 14.2 Å². The fourth-order valence-electron chi connectivity index (χ4n) is 2.56. The van der Waals surface area contributed by atoms with Crippen molar-refractivity contribution in [2.45, 2.75) is 32.2 Å². The van der Waals surface area contributed by atoms with Crippen LogP contribution >= 0.6 is 0 Å². The molecule has 0 aliphatic rings. The molecule has 0 bridgehead atoms. The van der Waals surface area contributed by atoms with Crippen molar-refractivity contribution in [2.75, 3.05) is 47.6 Å². The van der Waals surface area contributed by atoms with E-state index in [0.29, 0.717) is 6.61 Å². The normalized spacial score (nSPS) is 13.2. The topological polar surface area (TPSA) is 27.7 Å². The number of methoxy groups -OCH3 is 3. The predicted molar refractivity (Wildman–Crippen MR) is 74.2 cm³/mol. The smallest absolute Gasteiger partial charge is 0.343 e. The first-order valence-electron chi connectivity index (χ1n) is 6.57. The van der Waals surface area contributed by atoms with E-state index in [-0.39, 0.29) is 0 Å². The number of likely N-dealkylation sites (N-methyl/N-ethyl adjacent to an activating group) is 1. The zero-order chi connectivity index (χ0) is 13.4. The molecule has 0 aliphatic heterocycles. The van der Waals surface area contributed by atoms with Crippen LogP contribution in [-0.2, 0) is 14.2 Å². The molecule has 0 N–H and O–H groups in total. The predicted octanol–water partition coefficient (Wildman–Crippen LogP) is 0.610. The summed E-state index contributed by atoms with van der Waals surface area (Å²) < 4.78 is 17.5. The van der Waals surface area contributed by atoms with Gasteiger partial charge in [-0.05, 0) is 20.3 Å². The molecule has 0 fully saturated rings. The molecule has 104 valence electrons. The third-order valence-electron chi connectivity index (χ3n) is 3.84. The van der Waals surface area contributed by atoms with Crippen LogP contribution < -0.4 is 0 Å². The number of ether oxygens (including phenoxy) is 3. The number of hydrogen-bond donors (Lipinski definition) is 0. The molecule has 0 spiro atoms. The lowest BCUT2D eigenvalue weighted by atomic mass is 10.2. The van der Waals surface area contributed by atoms with Gasteiger partial charge in [0.05, 0.1) is 19.6 Å². The fourth-order valence-corrected chi connectivity index (χ4v) is 2.88. The molecule has 5 heteroatoms. The van der Waals surface area contributed by atoms with E-state index in [0.717, 1.165) is 24.1 Å². The number of hydrogen-bond acceptors (Lipinski definition) is 3. The molecule has 0 radical (unpaired) electrons. The van der Waals surface area contributed by atoms with Crippen LogP contribution in [0.3, 0.4) is 0 Å². The molecule has 0 unspecified atom stereocenters. The van der Waals surface area contributed by atoms with Crippen LogP contribution in [0.4, 0.5) is 0 Å². The zero-order valence-corrected chi connectivity index (χ0v) is 14.4. The SMILES string of the molecule is CC[N+](CC)(CCC[SiH3])C(COC)(OC)OC. The first kappa shape index (κ1) is 17.1. The minimum atomic E-state index is -0.672. The molecule has 0 saturated heterocycles. The largest absolute Gasteiger partial charge is 0.372 e. The molecule has 0 aliphatic carbocycles. The van der Waals surface area contributed by atoms with E-state index in [9.17, 15) is 0 Å². The molecule has 0 rings (SSSR count). The highest BCUT2D eigenvalue weighted by molar-refractivity contribution is 6.08. The highest BCUT2D eigenvalue weighted by atomic mass is 28.1. The maximum Gasteiger partial charge on any atom is 0.343 e. The Labute approximate surface area is 109 Å². The molecule has 0 heterocycles. The summed E-state index contributed by atoms with van der Waals surface area (Å²) in [6.45, 7) is 7.91. The number of nitrogens with zero attached hydrogens (tertiary/aromatic N) is 1. The average Bonchev–Trinajstić information content (AvgIpc) is 2.38. The second-order valence-corrected chi connectivity index (χ2v) is 5.41. The summed E-state index contributed by atoms with van der Waals surface area (Å²) in [5, 5.41) is 0. The molecule has 0 amide bonds. The Balaban J connectivity index is 5.17. The maximum atomic E-state index is 5.71. The van der Waals surface area contributed by atoms with Gasteiger partial charge in [-0.15, -0.1) is 0 Å². The second-order valence-electron chi connectivity index (χ2n) is 4.41. The minimum Gasteiger partial charge on any atom is -0.372 e. The lowest BCUT2D eigenvalue weighted by molar-refractivity contribution is -1.02. The lowest BCUT2D eigenvalue weighted by Gasteiger charge is -2.49. The van der Waals surface area contributed by atoms with Gasteiger partial charge in [0, 0.05) is 31.6 Å². The highest BCUT2D eigenvalue weighted by Gasteiger charge is 2.50. The molecule has 0 atom stereocenters. The summed E-state index contributed by atoms with van der Waals surface area (Å²) in [4.78, 5) is 0. The van der Waals surface area contributed by atoms with Crippen LogP contribution in [0, 0.1) is 0 Å². The van der Waals surface area contributed by atoms with Crippen LogP contribution in [0.2, 0.25) is 6.04 Å². The van der Waals surface area contributed by atoms with Crippen LogP contribution in [0.5, 0.6) is 0 Å². The minimum absolute atomic E-state index is 0.461. The second kappa shape index (κ2) is 8.21. The van der Waals surface area contributed by atoms with Crippen LogP contribution in [0.15, 0.2) is 0 Å². The van der Waals surface area contributed by atoms with E-state index in [2.05, 4.69) is 13.8 Å². The summed E-state index contributed by atoms with van der Waals surface area (Å²) in [6, 6.07) is 1.32. The van der Waals surface area contributed by atoms with Gasteiger partial charge in [-0.25, -0.2) is 0 Å². The van der Waals surface area contributed by atoms with Gasteiger partial charge in [-0.2, -0.15) is 0 Å². The van der Waals surface area contributed by atoms with Gasteiger partial charge in [0.2, 0.25) is 0 Å². The Morgan fingerprint density at radius 3 is 1.88 bits per heavy atom. The summed E-state index contributed by atoms with van der Waals surface area (Å²) in [5.74, 6) is -0.672. The third kappa shape index (κ3) is 3.51. The molecular formula is C12H30NO3Si+. The standard InChI is InChI=1S/C12H30NO3Si/c1-6-13(7-2,9-8-10-17)12(15-4,16-5)11-14-3/h6-11H2,1-5,17H3/q+1. The van der Waals surface area contributed by atoms with Crippen molar-refractivity contribution in [3.63, 3.8) is 0 Å². The number of quaternary nitrogens is 1. The molecule has 0 saturated carbocycles. The van der Waals surface area contributed by atoms with E-state index in [4.69, 9.17) is 14.2 Å². The van der Waals surface area contributed by atoms with Crippen LogP contribution in [-0.4, -0.2) is 68.2 Å². The molecular weight excluding hydrogens is 234 g/mol. The van der Waals surface area contributed by atoms with Gasteiger partial charge in [-0.3, -0.25) is 4.48 Å². The van der Waals surface area contributed by atoms with Crippen molar-refractivity contribution < 1.29 is 18.7 Å². The van der Waals surface area contributed by atoms with Gasteiger partial charge in [0.15, 0.2) is 6.61 Å². The van der Waals surface area contributed by atoms with E-state index < -0.39 is 5.91 Å². The molecule has 17 heavy (non-hydrogen) atoms. The zero-order valence-electron chi connectivity index (χ0n) is 12.4. The quantitative estimate of drug-likeness (QED) is 0.329. The molecule has 0 aromatic heterocycles. The molecule has 0 aromatic carbocycles. The van der Waals surface area contributed by atoms with Crippen molar-refractivity contribution in [3.8, 4) is 0 Å². The first-order valence-corrected chi connectivity index (χ1v) is 7.98. The Hall–Kier alpha value is 0.0569. The van der Waals surface area contributed by atoms with Gasteiger partial charge in [-0.1, -0.05) is 6.04 Å². The summed E-state index contributed by atoms with van der Waals surface area (Å²) in [5.41, 5.74) is 0. The Morgan fingerprint density at radius 2 is 1.59 bits per heavy atom. The Kier molecular flexibility index (Phi) is 8.24. The fraction of sp³-hybridized carbons (Fsp3) is 1.00. The first-order chi connectivity index (χ1) is 8.11. The van der Waals surface area contributed by atoms with E-state index in [1.54, 1.807) is 21.3 Å². The van der Waals surface area contributed by atoms with Crippen molar-refractivity contribution in [3.05, 3.63) is 0 Å². The summed E-state index contributed by atoms with van der Waals surface area (Å²) in [6.07, 6.45) is 1.23. The highest BCUT2D eigenvalue weighted by Crippen LogP contribution is 2.28. The summed E-state index contributed by atoms with van der Waals surface area (Å²) >= 11 is 0. The lowest BCUT2D eigenvalue weighted by Crippen LogP contribution is -2.68. The Morgan fingerprint density at radius 1 is 1.06 bits per heavy atom. The van der Waals surface area contributed by atoms with Gasteiger partial charge in [0.1, 0.15) is 0 Å². The van der Waals surface area contributed by atoms with Gasteiger partial charge >= 0.3 is 5.91 Å². The van der Waals surface area contributed by atoms with Crippen molar-refractivity contribution in [2.24, 2.45) is 0 Å². The average molecular weight is 264 g/mol. The van der Waals surface area contributed by atoms with Crippen LogP contribution in [0.1, 0.15) is 20.3 Å². The van der Waals surface area contributed by atoms with Crippen molar-refractivity contribution in [1.82, 2.24) is 0 Å². The maximum absolute atomic E-state index is 5.71. The third-order valence-corrected chi connectivity index (χ3v) is 4.54. The van der Waals surface area contributed by atoms with E-state index >= 15 is 0 Å². The van der Waals surface area contributed by atoms with E-state index in [1.807, 2.05) is 0 Å². The summed E-state index contributed by atoms with van der Waals surface area (Å²) in [7, 11) is 6.37. The molecule has 0 aromatic rings. The number of rotatable bonds is 10. The molecule has 4 nitrogen and oxygen atoms in total. The van der Waals surface area contributed by atoms with Crippen LogP contribution in [0.25, 0.3) is 0 Å². The van der Waals surface area contributed by atoms with Crippen molar-refractivity contribution >= 4 is 10.2 Å². The Bertz CT molecular complexity index is 194.